The summed E-state index contributed by atoms with van der Waals surface area (Å²) in [6.45, 7) is 0. The van der Waals surface area contributed by atoms with Gasteiger partial charge in [0, 0.05) is 16.8 Å². The quantitative estimate of drug-likeness (QED) is 0.529. The molecule has 0 spiro atoms. The van der Waals surface area contributed by atoms with Crippen molar-refractivity contribution in [1.29, 1.82) is 5.26 Å². The second kappa shape index (κ2) is 6.37. The first-order valence-corrected chi connectivity index (χ1v) is 6.72. The fourth-order valence-electron chi connectivity index (χ4n) is 1.52. The lowest BCUT2D eigenvalue weighted by atomic mass is 10.1. The highest BCUT2D eigenvalue weighted by Crippen LogP contribution is 2.20. The van der Waals surface area contributed by atoms with E-state index < -0.39 is 5.91 Å². The minimum Gasteiger partial charge on any atom is -0.322 e. The van der Waals surface area contributed by atoms with E-state index in [9.17, 15) is 9.59 Å². The van der Waals surface area contributed by atoms with Crippen LogP contribution in [0.15, 0.2) is 45.9 Å². The van der Waals surface area contributed by atoms with E-state index in [4.69, 9.17) is 16.9 Å². The number of hydrogen-bond acceptors (Lipinski definition) is 5. The number of nitriles is 1. The Morgan fingerprint density at radius 3 is 2.70 bits per heavy atom. The predicted molar refractivity (Wildman–Crippen MR) is 77.5 cm³/mol. The molecule has 1 aliphatic rings. The Morgan fingerprint density at radius 1 is 1.40 bits per heavy atom. The van der Waals surface area contributed by atoms with Gasteiger partial charge in [0.25, 0.3) is 5.91 Å². The molecule has 7 heteroatoms. The highest BCUT2D eigenvalue weighted by molar-refractivity contribution is 8.03. The molecule has 1 aromatic carbocycles. The van der Waals surface area contributed by atoms with Gasteiger partial charge in [0.1, 0.15) is 16.1 Å². The third-order valence-corrected chi connectivity index (χ3v) is 3.29. The normalized spacial score (nSPS) is 14.1. The van der Waals surface area contributed by atoms with E-state index in [2.05, 4.69) is 10.3 Å². The SMILES string of the molecule is N#CSc1ccc(NC(=O)C2=CN=C(Cl)CC2=O)cc1. The Bertz CT molecular complexity index is 659. The number of nitrogens with zero attached hydrogens (tertiary/aromatic N) is 2. The van der Waals surface area contributed by atoms with Crippen LogP contribution in [0, 0.1) is 10.7 Å². The number of carbonyl (C=O) groups excluding carboxylic acids is 2. The standard InChI is InChI=1S/C13H8ClN3O2S/c14-12-5-11(18)10(6-16-12)13(19)17-8-1-3-9(4-2-8)20-7-15/h1-4,6H,5H2,(H,17,19). The molecule has 0 aromatic heterocycles. The monoisotopic (exact) mass is 305 g/mol. The molecule has 1 amide bonds. The van der Waals surface area contributed by atoms with Crippen LogP contribution in [0.5, 0.6) is 0 Å². The Balaban J connectivity index is 2.08. The largest absolute Gasteiger partial charge is 0.322 e. The zero-order valence-corrected chi connectivity index (χ0v) is 11.7. The van der Waals surface area contributed by atoms with Crippen molar-refractivity contribution in [2.24, 2.45) is 4.99 Å². The number of halogens is 1. The van der Waals surface area contributed by atoms with Crippen LogP contribution in [0.1, 0.15) is 6.42 Å². The van der Waals surface area contributed by atoms with E-state index in [-0.39, 0.29) is 22.9 Å². The first-order chi connectivity index (χ1) is 9.60. The van der Waals surface area contributed by atoms with Gasteiger partial charge in [0.15, 0.2) is 5.78 Å². The number of rotatable bonds is 3. The van der Waals surface area contributed by atoms with Crippen LogP contribution in [-0.4, -0.2) is 16.9 Å². The number of ketones is 1. The molecule has 0 atom stereocenters. The van der Waals surface area contributed by atoms with Crippen molar-refractivity contribution >= 4 is 45.9 Å². The van der Waals surface area contributed by atoms with Crippen LogP contribution in [0.2, 0.25) is 0 Å². The van der Waals surface area contributed by atoms with E-state index in [0.29, 0.717) is 5.69 Å². The fourth-order valence-corrected chi connectivity index (χ4v) is 2.07. The number of benzene rings is 1. The number of aliphatic imine (C=N–C) groups is 1. The summed E-state index contributed by atoms with van der Waals surface area (Å²) < 4.78 is 0. The van der Waals surface area contributed by atoms with E-state index in [0.717, 1.165) is 16.7 Å². The molecule has 2 rings (SSSR count). The van der Waals surface area contributed by atoms with E-state index in [1.807, 2.05) is 5.40 Å². The molecule has 0 unspecified atom stereocenters. The molecule has 1 N–H and O–H groups in total. The van der Waals surface area contributed by atoms with Crippen molar-refractivity contribution < 1.29 is 9.59 Å². The summed E-state index contributed by atoms with van der Waals surface area (Å²) in [6.07, 6.45) is 1.11. The molecule has 0 aliphatic carbocycles. The van der Waals surface area contributed by atoms with E-state index >= 15 is 0 Å². The Morgan fingerprint density at radius 2 is 2.10 bits per heavy atom. The maximum absolute atomic E-state index is 11.9. The zero-order valence-electron chi connectivity index (χ0n) is 10.1. The molecular formula is C13H8ClN3O2S. The first kappa shape index (κ1) is 14.3. The number of amides is 1. The summed E-state index contributed by atoms with van der Waals surface area (Å²) in [7, 11) is 0. The molecule has 1 heterocycles. The molecule has 100 valence electrons. The van der Waals surface area contributed by atoms with Gasteiger partial charge in [-0.2, -0.15) is 5.26 Å². The van der Waals surface area contributed by atoms with Gasteiger partial charge in [-0.3, -0.25) is 9.59 Å². The van der Waals surface area contributed by atoms with Crippen molar-refractivity contribution in [3.05, 3.63) is 36.0 Å². The Labute approximate surface area is 124 Å². The Kier molecular flexibility index (Phi) is 4.56. The van der Waals surface area contributed by atoms with Gasteiger partial charge >= 0.3 is 0 Å². The van der Waals surface area contributed by atoms with Crippen LogP contribution in [-0.2, 0) is 9.59 Å². The summed E-state index contributed by atoms with van der Waals surface area (Å²) in [6, 6.07) is 6.72. The molecule has 0 radical (unpaired) electrons. The van der Waals surface area contributed by atoms with E-state index in [1.165, 1.54) is 6.20 Å². The number of thiocyanates is 1. The number of anilines is 1. The molecule has 5 nitrogen and oxygen atoms in total. The second-order valence-electron chi connectivity index (χ2n) is 3.82. The maximum Gasteiger partial charge on any atom is 0.260 e. The summed E-state index contributed by atoms with van der Waals surface area (Å²) in [4.78, 5) is 28.1. The van der Waals surface area contributed by atoms with Crippen LogP contribution >= 0.6 is 23.4 Å². The third-order valence-electron chi connectivity index (χ3n) is 2.46. The average molecular weight is 306 g/mol. The summed E-state index contributed by atoms with van der Waals surface area (Å²) in [5, 5.41) is 13.2. The minimum absolute atomic E-state index is 0.0233. The van der Waals surface area contributed by atoms with Crippen LogP contribution < -0.4 is 5.32 Å². The average Bonchev–Trinajstić information content (AvgIpc) is 2.41. The van der Waals surface area contributed by atoms with Crippen molar-refractivity contribution in [3.8, 4) is 5.40 Å². The van der Waals surface area contributed by atoms with Crippen LogP contribution in [0.25, 0.3) is 0 Å². The smallest absolute Gasteiger partial charge is 0.260 e. The van der Waals surface area contributed by atoms with Gasteiger partial charge in [-0.15, -0.1) is 0 Å². The maximum atomic E-state index is 11.9. The van der Waals surface area contributed by atoms with E-state index in [1.54, 1.807) is 24.3 Å². The van der Waals surface area contributed by atoms with Gasteiger partial charge in [-0.25, -0.2) is 4.99 Å². The van der Waals surface area contributed by atoms with Crippen molar-refractivity contribution in [3.63, 3.8) is 0 Å². The highest BCUT2D eigenvalue weighted by atomic mass is 35.5. The summed E-state index contributed by atoms with van der Waals surface area (Å²) in [5.74, 6) is -0.886. The number of nitrogens with one attached hydrogen (secondary N) is 1. The van der Waals surface area contributed by atoms with Gasteiger partial charge < -0.3 is 5.32 Å². The molecule has 0 saturated carbocycles. The molecule has 0 bridgehead atoms. The zero-order chi connectivity index (χ0) is 14.5. The topological polar surface area (TPSA) is 82.3 Å². The van der Waals surface area contributed by atoms with Gasteiger partial charge in [0.2, 0.25) is 0 Å². The van der Waals surface area contributed by atoms with Crippen LogP contribution in [0.4, 0.5) is 5.69 Å². The molecule has 0 fully saturated rings. The lowest BCUT2D eigenvalue weighted by molar-refractivity contribution is -0.119. The second-order valence-corrected chi connectivity index (χ2v) is 5.11. The number of carbonyl (C=O) groups is 2. The highest BCUT2D eigenvalue weighted by Gasteiger charge is 2.22. The summed E-state index contributed by atoms with van der Waals surface area (Å²) >= 11 is 6.64. The lowest BCUT2D eigenvalue weighted by Gasteiger charge is -2.10. The molecule has 20 heavy (non-hydrogen) atoms. The molecule has 1 aromatic rings. The van der Waals surface area contributed by atoms with Crippen LogP contribution in [0.3, 0.4) is 0 Å². The lowest BCUT2D eigenvalue weighted by Crippen LogP contribution is -2.23. The third kappa shape index (κ3) is 3.47. The Hall–Kier alpha value is -2.10. The van der Waals surface area contributed by atoms with Gasteiger partial charge in [0.05, 0.1) is 6.42 Å². The number of hydrogen-bond donors (Lipinski definition) is 1. The van der Waals surface area contributed by atoms with Crippen molar-refractivity contribution in [2.75, 3.05) is 5.32 Å². The summed E-state index contributed by atoms with van der Waals surface area (Å²) in [5.41, 5.74) is 0.511. The fraction of sp³-hybridized carbons (Fsp3) is 0.0769. The van der Waals surface area contributed by atoms with Gasteiger partial charge in [-0.05, 0) is 36.0 Å². The molecule has 0 saturated heterocycles. The predicted octanol–water partition coefficient (Wildman–Crippen LogP) is 2.69. The first-order valence-electron chi connectivity index (χ1n) is 5.53. The number of thioether (sulfide) groups is 1. The van der Waals surface area contributed by atoms with Gasteiger partial charge in [-0.1, -0.05) is 11.6 Å². The minimum atomic E-state index is -0.524. The number of Topliss-reactive ketones (excluding diaryl/α,β-unsaturated/α-hetero) is 1. The molecular weight excluding hydrogens is 298 g/mol. The van der Waals surface area contributed by atoms with Crippen molar-refractivity contribution in [2.45, 2.75) is 11.3 Å². The van der Waals surface area contributed by atoms with Crippen molar-refractivity contribution in [1.82, 2.24) is 0 Å². The molecule has 1 aliphatic heterocycles.